The number of halogens is 1. The van der Waals surface area contributed by atoms with E-state index in [1.54, 1.807) is 6.92 Å². The van der Waals surface area contributed by atoms with Gasteiger partial charge in [0.2, 0.25) is 0 Å². The lowest BCUT2D eigenvalue weighted by Crippen LogP contribution is -2.47. The van der Waals surface area contributed by atoms with Crippen LogP contribution in [0.1, 0.15) is 27.7 Å². The van der Waals surface area contributed by atoms with Crippen molar-refractivity contribution in [3.8, 4) is 0 Å². The van der Waals surface area contributed by atoms with Crippen LogP contribution < -0.4 is 0 Å². The van der Waals surface area contributed by atoms with Crippen LogP contribution in [-0.4, -0.2) is 41.7 Å². The summed E-state index contributed by atoms with van der Waals surface area (Å²) in [6, 6.07) is -0.167. The first-order valence-electron chi connectivity index (χ1n) is 5.64. The first-order chi connectivity index (χ1) is 8.24. The van der Waals surface area contributed by atoms with Crippen LogP contribution in [0, 0.1) is 0 Å². The lowest BCUT2D eigenvalue weighted by molar-refractivity contribution is -0.137. The fraction of sp³-hybridized carbons (Fsp3) is 0.667. The Bertz CT molecular complexity index is 376. The van der Waals surface area contributed by atoms with Gasteiger partial charge in [-0.3, -0.25) is 0 Å². The Morgan fingerprint density at radius 1 is 1.33 bits per heavy atom. The zero-order valence-electron chi connectivity index (χ0n) is 11.1. The third-order valence-corrected chi connectivity index (χ3v) is 2.55. The molecule has 1 fully saturated rings. The van der Waals surface area contributed by atoms with Crippen LogP contribution in [0.15, 0.2) is 11.1 Å². The van der Waals surface area contributed by atoms with Gasteiger partial charge < -0.3 is 14.4 Å². The summed E-state index contributed by atoms with van der Waals surface area (Å²) in [5.41, 5.74) is 0.870. The van der Waals surface area contributed by atoms with E-state index in [0.29, 0.717) is 18.7 Å². The van der Waals surface area contributed by atoms with Crippen LogP contribution in [0.2, 0.25) is 0 Å². The summed E-state index contributed by atoms with van der Waals surface area (Å²) in [5, 5.41) is 0. The molecule has 0 bridgehead atoms. The molecule has 0 aliphatic carbocycles. The lowest BCUT2D eigenvalue weighted by atomic mass is 10.0. The average molecular weight is 276 g/mol. The molecule has 0 radical (unpaired) electrons. The molecule has 1 rings (SSSR count). The van der Waals surface area contributed by atoms with Gasteiger partial charge in [0.25, 0.3) is 0 Å². The largest absolute Gasteiger partial charge is 0.446 e. The Kier molecular flexibility index (Phi) is 4.62. The van der Waals surface area contributed by atoms with E-state index in [-0.39, 0.29) is 12.2 Å². The molecular formula is C12H18ClNO4. The first kappa shape index (κ1) is 14.8. The van der Waals surface area contributed by atoms with Crippen molar-refractivity contribution in [3.05, 3.63) is 11.1 Å². The van der Waals surface area contributed by atoms with Crippen LogP contribution >= 0.6 is 11.6 Å². The number of nitrogens with zero attached hydrogens (tertiary/aromatic N) is 1. The Labute approximate surface area is 112 Å². The molecule has 0 aromatic carbocycles. The predicted octanol–water partition coefficient (Wildman–Crippen LogP) is 2.29. The highest BCUT2D eigenvalue weighted by Crippen LogP contribution is 2.22. The SMILES string of the molecule is CC(C(=O)OCCl)=C1CN(C(=O)OC(C)(C)C)C1. The monoisotopic (exact) mass is 275 g/mol. The van der Waals surface area contributed by atoms with E-state index in [9.17, 15) is 9.59 Å². The maximum absolute atomic E-state index is 11.6. The van der Waals surface area contributed by atoms with Gasteiger partial charge in [0, 0.05) is 18.7 Å². The van der Waals surface area contributed by atoms with Crippen molar-refractivity contribution in [3.63, 3.8) is 0 Å². The normalized spacial score (nSPS) is 14.9. The van der Waals surface area contributed by atoms with Crippen molar-refractivity contribution >= 4 is 23.7 Å². The van der Waals surface area contributed by atoms with E-state index in [1.807, 2.05) is 20.8 Å². The summed E-state index contributed by atoms with van der Waals surface area (Å²) in [7, 11) is 0. The van der Waals surface area contributed by atoms with E-state index in [0.717, 1.165) is 5.57 Å². The second kappa shape index (κ2) is 5.61. The third-order valence-electron chi connectivity index (χ3n) is 2.44. The Balaban J connectivity index is 2.51. The summed E-state index contributed by atoms with van der Waals surface area (Å²) in [4.78, 5) is 24.6. The first-order valence-corrected chi connectivity index (χ1v) is 6.17. The maximum Gasteiger partial charge on any atom is 0.410 e. The van der Waals surface area contributed by atoms with E-state index in [1.165, 1.54) is 4.90 Å². The fourth-order valence-corrected chi connectivity index (χ4v) is 1.51. The summed E-state index contributed by atoms with van der Waals surface area (Å²) in [6.07, 6.45) is -0.371. The standard InChI is InChI=1S/C12H18ClNO4/c1-8(10(15)17-7-13)9-5-14(6-9)11(16)18-12(2,3)4/h5-7H2,1-4H3. The van der Waals surface area contributed by atoms with E-state index < -0.39 is 11.6 Å². The molecule has 0 atom stereocenters. The number of carbonyl (C=O) groups excluding carboxylic acids is 2. The summed E-state index contributed by atoms with van der Waals surface area (Å²) in [5.74, 6) is -0.441. The molecule has 1 heterocycles. The smallest absolute Gasteiger partial charge is 0.410 e. The Morgan fingerprint density at radius 2 is 1.89 bits per heavy atom. The molecule has 0 aromatic heterocycles. The van der Waals surface area contributed by atoms with Gasteiger partial charge in [-0.25, -0.2) is 9.59 Å². The van der Waals surface area contributed by atoms with Gasteiger partial charge in [-0.15, -0.1) is 0 Å². The predicted molar refractivity (Wildman–Crippen MR) is 67.3 cm³/mol. The number of alkyl halides is 1. The molecule has 5 nitrogen and oxygen atoms in total. The maximum atomic E-state index is 11.6. The highest BCUT2D eigenvalue weighted by atomic mass is 35.5. The number of ether oxygens (including phenoxy) is 2. The Hall–Kier alpha value is -1.23. The van der Waals surface area contributed by atoms with Gasteiger partial charge in [-0.05, 0) is 33.3 Å². The van der Waals surface area contributed by atoms with Crippen molar-refractivity contribution in [2.24, 2.45) is 0 Å². The van der Waals surface area contributed by atoms with E-state index in [2.05, 4.69) is 4.74 Å². The Morgan fingerprint density at radius 3 is 2.33 bits per heavy atom. The molecule has 0 saturated carbocycles. The van der Waals surface area contributed by atoms with Crippen LogP contribution in [0.25, 0.3) is 0 Å². The molecule has 1 aliphatic rings. The van der Waals surface area contributed by atoms with Gasteiger partial charge in [0.05, 0.1) is 0 Å². The minimum absolute atomic E-state index is 0.167. The number of esters is 1. The molecule has 0 N–H and O–H groups in total. The summed E-state index contributed by atoms with van der Waals surface area (Å²) < 4.78 is 9.88. The second-order valence-corrected chi connectivity index (χ2v) is 5.32. The second-order valence-electron chi connectivity index (χ2n) is 5.11. The van der Waals surface area contributed by atoms with Gasteiger partial charge in [-0.2, -0.15) is 0 Å². The number of hydrogen-bond acceptors (Lipinski definition) is 4. The summed E-state index contributed by atoms with van der Waals surface area (Å²) in [6.45, 7) is 7.90. The average Bonchev–Trinajstić information content (AvgIpc) is 2.12. The van der Waals surface area contributed by atoms with Crippen molar-refractivity contribution in [2.45, 2.75) is 33.3 Å². The van der Waals surface area contributed by atoms with Crippen molar-refractivity contribution in [2.75, 3.05) is 19.2 Å². The van der Waals surface area contributed by atoms with Crippen LogP contribution in [0.3, 0.4) is 0 Å². The number of amides is 1. The van der Waals surface area contributed by atoms with Crippen molar-refractivity contribution < 1.29 is 19.1 Å². The lowest BCUT2D eigenvalue weighted by Gasteiger charge is -2.36. The molecule has 0 unspecified atom stereocenters. The number of hydrogen-bond donors (Lipinski definition) is 0. The molecule has 1 aliphatic heterocycles. The number of rotatable bonds is 2. The molecule has 0 aromatic rings. The van der Waals surface area contributed by atoms with Gasteiger partial charge in [0.15, 0.2) is 6.07 Å². The minimum Gasteiger partial charge on any atom is -0.446 e. The summed E-state index contributed by atoms with van der Waals surface area (Å²) >= 11 is 5.31. The third kappa shape index (κ3) is 3.91. The molecule has 18 heavy (non-hydrogen) atoms. The van der Waals surface area contributed by atoms with Crippen molar-refractivity contribution in [1.29, 1.82) is 0 Å². The number of likely N-dealkylation sites (tertiary alicyclic amines) is 1. The minimum atomic E-state index is -0.511. The highest BCUT2D eigenvalue weighted by Gasteiger charge is 2.31. The van der Waals surface area contributed by atoms with Gasteiger partial charge in [-0.1, -0.05) is 11.6 Å². The van der Waals surface area contributed by atoms with Crippen LogP contribution in [0.4, 0.5) is 4.79 Å². The van der Waals surface area contributed by atoms with Crippen LogP contribution in [0.5, 0.6) is 0 Å². The molecule has 0 spiro atoms. The fourth-order valence-electron chi connectivity index (χ4n) is 1.41. The van der Waals surface area contributed by atoms with Crippen molar-refractivity contribution in [1.82, 2.24) is 4.90 Å². The molecule has 6 heteroatoms. The molecule has 102 valence electrons. The van der Waals surface area contributed by atoms with Crippen LogP contribution in [-0.2, 0) is 14.3 Å². The highest BCUT2D eigenvalue weighted by molar-refractivity contribution is 6.17. The van der Waals surface area contributed by atoms with Gasteiger partial charge in [0.1, 0.15) is 5.60 Å². The quantitative estimate of drug-likeness (QED) is 0.441. The molecule has 1 saturated heterocycles. The number of carbonyl (C=O) groups is 2. The zero-order valence-corrected chi connectivity index (χ0v) is 11.8. The van der Waals surface area contributed by atoms with E-state index in [4.69, 9.17) is 16.3 Å². The van der Waals surface area contributed by atoms with E-state index >= 15 is 0 Å². The van der Waals surface area contributed by atoms with Gasteiger partial charge >= 0.3 is 12.1 Å². The topological polar surface area (TPSA) is 55.8 Å². The molecule has 1 amide bonds. The molecular weight excluding hydrogens is 258 g/mol. The zero-order chi connectivity index (χ0) is 13.9.